The number of amides is 2. The summed E-state index contributed by atoms with van der Waals surface area (Å²) in [5.74, 6) is -1.76. The first-order chi connectivity index (χ1) is 14.9. The molecular weight excluding hydrogens is 442 g/mol. The largest absolute Gasteiger partial charge is 0.595 e. The summed E-state index contributed by atoms with van der Waals surface area (Å²) in [6.07, 6.45) is 0.358. The Bertz CT molecular complexity index is 691. The van der Waals surface area contributed by atoms with Crippen LogP contribution in [0.3, 0.4) is 0 Å². The third kappa shape index (κ3) is 13.5. The molecule has 0 aromatic carbocycles. The Morgan fingerprint density at radius 2 is 1.84 bits per heavy atom. The van der Waals surface area contributed by atoms with Crippen LogP contribution in [0.2, 0.25) is 0 Å². The molecule has 0 radical (unpaired) electrons. The molecule has 0 heterocycles. The van der Waals surface area contributed by atoms with Crippen LogP contribution in [0.4, 0.5) is 0 Å². The molecule has 0 rings (SSSR count). The molecule has 12 heteroatoms. The van der Waals surface area contributed by atoms with E-state index in [1.807, 2.05) is 0 Å². The minimum atomic E-state index is -1.23. The number of esters is 2. The summed E-state index contributed by atoms with van der Waals surface area (Å²) in [6, 6.07) is -2.17. The molecular formula is C20H32N3O8S-. The zero-order chi connectivity index (χ0) is 24.7. The Hall–Kier alpha value is -2.76. The first kappa shape index (κ1) is 29.2. The van der Waals surface area contributed by atoms with Crippen molar-refractivity contribution in [1.82, 2.24) is 10.6 Å². The van der Waals surface area contributed by atoms with Gasteiger partial charge in [0, 0.05) is 23.5 Å². The summed E-state index contributed by atoms with van der Waals surface area (Å²) in [5.41, 5.74) is -0.799. The molecule has 182 valence electrons. The second kappa shape index (κ2) is 15.1. The van der Waals surface area contributed by atoms with E-state index in [1.165, 1.54) is 18.9 Å². The molecule has 11 nitrogen and oxygen atoms in total. The number of aliphatic imine (C=N–C) groups is 1. The van der Waals surface area contributed by atoms with E-state index in [0.29, 0.717) is 5.75 Å². The van der Waals surface area contributed by atoms with Crippen molar-refractivity contribution in [2.45, 2.75) is 51.3 Å². The van der Waals surface area contributed by atoms with Crippen LogP contribution >= 0.6 is 11.8 Å². The highest BCUT2D eigenvalue weighted by atomic mass is 32.2. The monoisotopic (exact) mass is 474 g/mol. The fraction of sp³-hybridized carbons (Fsp3) is 0.650. The number of thioether (sulfide) groups is 1. The Labute approximate surface area is 192 Å². The van der Waals surface area contributed by atoms with Crippen molar-refractivity contribution in [1.29, 1.82) is 0 Å². The maximum Gasteiger partial charge on any atom is 0.330 e. The molecule has 2 amide bonds. The Morgan fingerprint density at radius 3 is 2.38 bits per heavy atom. The molecule has 0 saturated heterocycles. The number of carbonyl (C=O) groups excluding carboxylic acids is 4. The van der Waals surface area contributed by atoms with Crippen LogP contribution in [0.25, 0.3) is 0 Å². The average Bonchev–Trinajstić information content (AvgIpc) is 2.72. The van der Waals surface area contributed by atoms with Gasteiger partial charge in [0.15, 0.2) is 0 Å². The summed E-state index contributed by atoms with van der Waals surface area (Å²) in [4.78, 5) is 51.6. The van der Waals surface area contributed by atoms with Crippen LogP contribution in [0.15, 0.2) is 17.6 Å². The van der Waals surface area contributed by atoms with Crippen molar-refractivity contribution in [3.8, 4) is 0 Å². The van der Waals surface area contributed by atoms with Crippen molar-refractivity contribution >= 4 is 41.6 Å². The van der Waals surface area contributed by atoms with Crippen LogP contribution < -0.4 is 15.7 Å². The van der Waals surface area contributed by atoms with Gasteiger partial charge in [-0.15, -0.1) is 6.58 Å². The fourth-order valence-corrected chi connectivity index (χ4v) is 2.90. The summed E-state index contributed by atoms with van der Waals surface area (Å²) >= 11 is 1.35. The average molecular weight is 475 g/mol. The first-order valence-corrected chi connectivity index (χ1v) is 10.9. The predicted molar refractivity (Wildman–Crippen MR) is 118 cm³/mol. The third-order valence-corrected chi connectivity index (χ3v) is 4.62. The minimum Gasteiger partial charge on any atom is -0.595 e. The van der Waals surface area contributed by atoms with Crippen molar-refractivity contribution in [3.05, 3.63) is 12.7 Å². The number of carbonyl (C=O) groups is 4. The molecule has 0 aliphatic rings. The van der Waals surface area contributed by atoms with E-state index in [0.717, 1.165) is 7.11 Å². The number of methoxy groups -OCH3 is 2. The third-order valence-electron chi connectivity index (χ3n) is 3.58. The zero-order valence-electron chi connectivity index (χ0n) is 19.1. The van der Waals surface area contributed by atoms with Gasteiger partial charge in [0.2, 0.25) is 11.8 Å². The highest BCUT2D eigenvalue weighted by molar-refractivity contribution is 7.99. The van der Waals surface area contributed by atoms with Gasteiger partial charge in [0.25, 0.3) is 0 Å². The molecule has 0 unspecified atom stereocenters. The van der Waals surface area contributed by atoms with E-state index in [4.69, 9.17) is 4.74 Å². The van der Waals surface area contributed by atoms with Gasteiger partial charge < -0.3 is 30.0 Å². The van der Waals surface area contributed by atoms with Crippen LogP contribution in [0, 0.1) is 0 Å². The highest BCUT2D eigenvalue weighted by Gasteiger charge is 2.24. The quantitative estimate of drug-likeness (QED) is 0.118. The number of ether oxygens (including phenoxy) is 3. The van der Waals surface area contributed by atoms with Gasteiger partial charge in [-0.05, 0) is 6.42 Å². The number of rotatable bonds is 13. The lowest BCUT2D eigenvalue weighted by atomic mass is 10.1. The van der Waals surface area contributed by atoms with Gasteiger partial charge in [0.05, 0.1) is 14.2 Å². The fourth-order valence-electron chi connectivity index (χ4n) is 2.13. The van der Waals surface area contributed by atoms with Crippen LogP contribution in [0.5, 0.6) is 0 Å². The molecule has 0 aliphatic carbocycles. The predicted octanol–water partition coefficient (Wildman–Crippen LogP) is -0.467. The van der Waals surface area contributed by atoms with Crippen LogP contribution in [0.1, 0.15) is 33.6 Å². The van der Waals surface area contributed by atoms with Crippen molar-refractivity contribution in [2.24, 2.45) is 4.99 Å². The standard InChI is InChI=1S/C20H33N3O8S/c1-7-10-32-12-14(17(26)21-11-16(25)29-5)22-15(24)9-8-13(18(27)30-6)23-19(28)31-20(2,3)4/h7,13-14H,1,8-12H2,2-6H3,(H,21,26)(H,22,24)(H,23,28)/p-1/t13-,14-/m0/s1. The van der Waals surface area contributed by atoms with E-state index in [1.54, 1.807) is 26.8 Å². The first-order valence-electron chi connectivity index (χ1n) is 9.77. The molecule has 0 aromatic heterocycles. The second-order valence-corrected chi connectivity index (χ2v) is 8.50. The van der Waals surface area contributed by atoms with Gasteiger partial charge in [-0.3, -0.25) is 19.4 Å². The smallest absolute Gasteiger partial charge is 0.330 e. The number of hydrogen-bond donors (Lipinski definition) is 2. The lowest BCUT2D eigenvalue weighted by Gasteiger charge is -2.30. The Morgan fingerprint density at radius 1 is 1.19 bits per heavy atom. The molecule has 0 aliphatic heterocycles. The molecule has 2 N–H and O–H groups in total. The summed E-state index contributed by atoms with van der Waals surface area (Å²) in [5, 5.41) is 16.8. The van der Waals surface area contributed by atoms with E-state index in [2.05, 4.69) is 31.7 Å². The van der Waals surface area contributed by atoms with E-state index < -0.39 is 47.5 Å². The van der Waals surface area contributed by atoms with Crippen LogP contribution in [-0.4, -0.2) is 79.8 Å². The van der Waals surface area contributed by atoms with Crippen LogP contribution in [-0.2, 0) is 33.4 Å². The lowest BCUT2D eigenvalue weighted by Crippen LogP contribution is -2.49. The topological polar surface area (TPSA) is 155 Å². The Kier molecular flexibility index (Phi) is 13.8. The summed E-state index contributed by atoms with van der Waals surface area (Å²) in [6.45, 7) is 8.20. The normalized spacial score (nSPS) is 13.3. The summed E-state index contributed by atoms with van der Waals surface area (Å²) < 4.78 is 14.2. The molecule has 0 spiro atoms. The molecule has 2 atom stereocenters. The Balaban J connectivity index is 5.07. The van der Waals surface area contributed by atoms with Gasteiger partial charge in [-0.2, -0.15) is 11.8 Å². The minimum absolute atomic E-state index is 0.131. The van der Waals surface area contributed by atoms with Crippen molar-refractivity contribution < 1.29 is 38.5 Å². The molecule has 0 saturated carbocycles. The lowest BCUT2D eigenvalue weighted by molar-refractivity contribution is -0.261. The van der Waals surface area contributed by atoms with Gasteiger partial charge >= 0.3 is 11.9 Å². The molecule has 0 fully saturated rings. The molecule has 32 heavy (non-hydrogen) atoms. The van der Waals surface area contributed by atoms with Gasteiger partial charge in [-0.1, -0.05) is 26.8 Å². The van der Waals surface area contributed by atoms with Gasteiger partial charge in [0.1, 0.15) is 24.7 Å². The number of nitrogens with one attached hydrogen (secondary N) is 2. The summed E-state index contributed by atoms with van der Waals surface area (Å²) in [7, 11) is 2.33. The number of hydrogen-bond acceptors (Lipinski definition) is 10. The number of nitrogens with zero attached hydrogens (tertiary/aromatic N) is 1. The van der Waals surface area contributed by atoms with E-state index in [9.17, 15) is 24.3 Å². The molecule has 0 bridgehead atoms. The SMILES string of the molecule is C=CCSC[C@H](NC(=O)CC[C@H](N=C([O-])OC(C)(C)C)C(=O)OC)C(=O)NCC(=O)OC. The van der Waals surface area contributed by atoms with Crippen molar-refractivity contribution in [3.63, 3.8) is 0 Å². The zero-order valence-corrected chi connectivity index (χ0v) is 19.9. The highest BCUT2D eigenvalue weighted by Crippen LogP contribution is 2.10. The van der Waals surface area contributed by atoms with Gasteiger partial charge in [-0.25, -0.2) is 4.79 Å². The second-order valence-electron chi connectivity index (χ2n) is 7.43. The van der Waals surface area contributed by atoms with Crippen molar-refractivity contribution in [2.75, 3.05) is 32.3 Å². The van der Waals surface area contributed by atoms with E-state index in [-0.39, 0.29) is 25.1 Å². The maximum absolute atomic E-state index is 12.4. The molecule has 0 aromatic rings. The maximum atomic E-state index is 12.4. The van der Waals surface area contributed by atoms with E-state index >= 15 is 0 Å².